The van der Waals surface area contributed by atoms with E-state index in [-0.39, 0.29) is 11.4 Å². The van der Waals surface area contributed by atoms with Crippen molar-refractivity contribution >= 4 is 5.97 Å². The Bertz CT molecular complexity index is 472. The predicted octanol–water partition coefficient (Wildman–Crippen LogP) is 2.11. The van der Waals surface area contributed by atoms with Crippen LogP contribution in [0.3, 0.4) is 0 Å². The van der Waals surface area contributed by atoms with Gasteiger partial charge in [0.1, 0.15) is 5.41 Å². The van der Waals surface area contributed by atoms with Crippen molar-refractivity contribution in [3.8, 4) is 0 Å². The van der Waals surface area contributed by atoms with Crippen molar-refractivity contribution in [1.82, 2.24) is 10.1 Å². The molecule has 2 saturated carbocycles. The fourth-order valence-corrected chi connectivity index (χ4v) is 2.38. The van der Waals surface area contributed by atoms with Gasteiger partial charge in [0, 0.05) is 5.41 Å². The molecule has 2 aliphatic rings. The summed E-state index contributed by atoms with van der Waals surface area (Å²) in [6, 6.07) is 0. The lowest BCUT2D eigenvalue weighted by Gasteiger charge is -2.35. The summed E-state index contributed by atoms with van der Waals surface area (Å²) in [5.74, 6) is 0.982. The first kappa shape index (κ1) is 11.7. The van der Waals surface area contributed by atoms with Crippen LogP contribution in [0.2, 0.25) is 0 Å². The fraction of sp³-hybridized carbons (Fsp3) is 0.769. The zero-order chi connectivity index (χ0) is 12.8. The van der Waals surface area contributed by atoms with Crippen LogP contribution in [0.4, 0.5) is 0 Å². The van der Waals surface area contributed by atoms with E-state index in [4.69, 9.17) is 9.26 Å². The minimum absolute atomic E-state index is 0.0708. The Morgan fingerprint density at radius 2 is 2.11 bits per heavy atom. The molecule has 2 aliphatic carbocycles. The van der Waals surface area contributed by atoms with Gasteiger partial charge in [-0.15, -0.1) is 0 Å². The molecule has 3 rings (SSSR count). The average Bonchev–Trinajstić information content (AvgIpc) is 2.84. The minimum atomic E-state index is -0.660. The highest BCUT2D eigenvalue weighted by Crippen LogP contribution is 2.48. The second kappa shape index (κ2) is 3.80. The van der Waals surface area contributed by atoms with Crippen LogP contribution in [0.1, 0.15) is 57.7 Å². The molecular weight excluding hydrogens is 232 g/mol. The molecule has 1 aromatic rings. The summed E-state index contributed by atoms with van der Waals surface area (Å²) in [5, 5.41) is 4.05. The summed E-state index contributed by atoms with van der Waals surface area (Å²) in [6.07, 6.45) is 4.71. The molecule has 1 heterocycles. The summed E-state index contributed by atoms with van der Waals surface area (Å²) < 4.78 is 10.5. The molecule has 18 heavy (non-hydrogen) atoms. The fourth-order valence-electron chi connectivity index (χ4n) is 2.38. The van der Waals surface area contributed by atoms with Gasteiger partial charge >= 0.3 is 5.97 Å². The van der Waals surface area contributed by atoms with Crippen LogP contribution in [-0.4, -0.2) is 22.7 Å². The first-order chi connectivity index (χ1) is 8.61. The molecule has 0 N–H and O–H groups in total. The highest BCUT2D eigenvalue weighted by Gasteiger charge is 2.53. The van der Waals surface area contributed by atoms with E-state index >= 15 is 0 Å². The summed E-state index contributed by atoms with van der Waals surface area (Å²) in [4.78, 5) is 16.5. The predicted molar refractivity (Wildman–Crippen MR) is 63.0 cm³/mol. The molecule has 0 amide bonds. The maximum absolute atomic E-state index is 12.1. The third kappa shape index (κ3) is 1.56. The number of hydrogen-bond donors (Lipinski definition) is 0. The van der Waals surface area contributed by atoms with Crippen LogP contribution >= 0.6 is 0 Å². The van der Waals surface area contributed by atoms with Crippen LogP contribution in [0.25, 0.3) is 0 Å². The Balaban J connectivity index is 1.87. The van der Waals surface area contributed by atoms with E-state index in [9.17, 15) is 4.79 Å². The zero-order valence-corrected chi connectivity index (χ0v) is 10.9. The van der Waals surface area contributed by atoms with Crippen molar-refractivity contribution in [1.29, 1.82) is 0 Å². The molecule has 2 fully saturated rings. The van der Waals surface area contributed by atoms with Gasteiger partial charge in [-0.1, -0.05) is 18.5 Å². The lowest BCUT2D eigenvalue weighted by molar-refractivity contribution is -0.155. The van der Waals surface area contributed by atoms with Crippen LogP contribution in [0.5, 0.6) is 0 Å². The van der Waals surface area contributed by atoms with E-state index in [1.165, 1.54) is 0 Å². The maximum atomic E-state index is 12.1. The SMILES string of the molecule is CCOC(=O)C1(c2nc(C3(C)CC3)no2)CCC1. The molecule has 1 aromatic heterocycles. The van der Waals surface area contributed by atoms with Gasteiger partial charge in [0.15, 0.2) is 5.82 Å². The van der Waals surface area contributed by atoms with E-state index in [1.54, 1.807) is 0 Å². The summed E-state index contributed by atoms with van der Waals surface area (Å²) >= 11 is 0. The number of nitrogens with zero attached hydrogens (tertiary/aromatic N) is 2. The molecule has 5 heteroatoms. The first-order valence-electron chi connectivity index (χ1n) is 6.63. The molecule has 0 aliphatic heterocycles. The Morgan fingerprint density at radius 1 is 1.39 bits per heavy atom. The summed E-state index contributed by atoms with van der Waals surface area (Å²) in [7, 11) is 0. The van der Waals surface area contributed by atoms with Crippen molar-refractivity contribution < 1.29 is 14.1 Å². The van der Waals surface area contributed by atoms with E-state index in [1.807, 2.05) is 6.92 Å². The number of carbonyl (C=O) groups is 1. The largest absolute Gasteiger partial charge is 0.465 e. The van der Waals surface area contributed by atoms with Crippen molar-refractivity contribution in [2.45, 2.75) is 56.8 Å². The monoisotopic (exact) mass is 250 g/mol. The van der Waals surface area contributed by atoms with Gasteiger partial charge < -0.3 is 9.26 Å². The lowest BCUT2D eigenvalue weighted by atomic mass is 9.68. The smallest absolute Gasteiger partial charge is 0.321 e. The standard InChI is InChI=1S/C13H18N2O3/c1-3-17-11(16)13(5-4-6-13)10-14-9(15-18-10)12(2)7-8-12/h3-8H2,1-2H3. The molecule has 98 valence electrons. The number of ether oxygens (including phenoxy) is 1. The maximum Gasteiger partial charge on any atom is 0.321 e. The molecule has 0 aromatic carbocycles. The normalized spacial score (nSPS) is 23.2. The number of esters is 1. The summed E-state index contributed by atoms with van der Waals surface area (Å²) in [5.41, 5.74) is -0.589. The Labute approximate surface area is 106 Å². The molecular formula is C13H18N2O3. The Kier molecular flexibility index (Phi) is 2.47. The molecule has 0 spiro atoms. The number of carbonyl (C=O) groups excluding carboxylic acids is 1. The van der Waals surface area contributed by atoms with Gasteiger partial charge in [-0.2, -0.15) is 4.98 Å². The van der Waals surface area contributed by atoms with Gasteiger partial charge in [-0.3, -0.25) is 4.79 Å². The van der Waals surface area contributed by atoms with Crippen molar-refractivity contribution in [2.75, 3.05) is 6.61 Å². The van der Waals surface area contributed by atoms with E-state index in [0.717, 1.165) is 37.9 Å². The van der Waals surface area contributed by atoms with E-state index in [0.29, 0.717) is 12.5 Å². The molecule has 0 saturated heterocycles. The summed E-state index contributed by atoms with van der Waals surface area (Å²) in [6.45, 7) is 4.33. The van der Waals surface area contributed by atoms with Crippen LogP contribution in [0, 0.1) is 0 Å². The van der Waals surface area contributed by atoms with Crippen LogP contribution in [0.15, 0.2) is 4.52 Å². The molecule has 0 unspecified atom stereocenters. The molecule has 0 radical (unpaired) electrons. The van der Waals surface area contributed by atoms with Crippen molar-refractivity contribution in [2.24, 2.45) is 0 Å². The van der Waals surface area contributed by atoms with Gasteiger partial charge in [0.2, 0.25) is 5.89 Å². The third-order valence-electron chi connectivity index (χ3n) is 4.25. The quantitative estimate of drug-likeness (QED) is 0.766. The minimum Gasteiger partial charge on any atom is -0.465 e. The van der Waals surface area contributed by atoms with Gasteiger partial charge in [-0.05, 0) is 32.6 Å². The van der Waals surface area contributed by atoms with Crippen molar-refractivity contribution in [3.63, 3.8) is 0 Å². The van der Waals surface area contributed by atoms with Gasteiger partial charge in [0.05, 0.1) is 6.61 Å². The first-order valence-corrected chi connectivity index (χ1v) is 6.63. The second-order valence-electron chi connectivity index (χ2n) is 5.64. The zero-order valence-electron chi connectivity index (χ0n) is 10.9. The highest BCUT2D eigenvalue weighted by atomic mass is 16.5. The number of hydrogen-bond acceptors (Lipinski definition) is 5. The molecule has 5 nitrogen and oxygen atoms in total. The Hall–Kier alpha value is -1.39. The number of rotatable bonds is 4. The number of aromatic nitrogens is 2. The average molecular weight is 250 g/mol. The topological polar surface area (TPSA) is 65.2 Å². The molecule has 0 atom stereocenters. The van der Waals surface area contributed by atoms with E-state index < -0.39 is 5.41 Å². The Morgan fingerprint density at radius 3 is 2.61 bits per heavy atom. The van der Waals surface area contributed by atoms with Crippen LogP contribution < -0.4 is 0 Å². The van der Waals surface area contributed by atoms with Gasteiger partial charge in [-0.25, -0.2) is 0 Å². The third-order valence-corrected chi connectivity index (χ3v) is 4.25. The molecule has 0 bridgehead atoms. The van der Waals surface area contributed by atoms with Gasteiger partial charge in [0.25, 0.3) is 0 Å². The lowest BCUT2D eigenvalue weighted by Crippen LogP contribution is -2.44. The van der Waals surface area contributed by atoms with Crippen molar-refractivity contribution in [3.05, 3.63) is 11.7 Å². The second-order valence-corrected chi connectivity index (χ2v) is 5.64. The van der Waals surface area contributed by atoms with E-state index in [2.05, 4.69) is 17.1 Å². The van der Waals surface area contributed by atoms with Crippen LogP contribution in [-0.2, 0) is 20.4 Å². The highest BCUT2D eigenvalue weighted by molar-refractivity contribution is 5.83.